The standard InChI is InChI=1S/C14H15Cl2N3O3/c1-8-10(15)5-9(6-11(8)16)14(20)17-7-12-18-13(22-19-12)3-4-21-2/h5-6H,3-4,7H2,1-2H3,(H,17,20). The van der Waals surface area contributed by atoms with E-state index in [1.165, 1.54) is 0 Å². The number of rotatable bonds is 6. The summed E-state index contributed by atoms with van der Waals surface area (Å²) in [5, 5.41) is 7.35. The van der Waals surface area contributed by atoms with Gasteiger partial charge in [0.15, 0.2) is 5.82 Å². The Labute approximate surface area is 137 Å². The number of hydrogen-bond acceptors (Lipinski definition) is 5. The molecule has 1 N–H and O–H groups in total. The molecule has 0 unspecified atom stereocenters. The Morgan fingerprint density at radius 1 is 1.36 bits per heavy atom. The Bertz CT molecular complexity index is 650. The van der Waals surface area contributed by atoms with E-state index in [-0.39, 0.29) is 12.5 Å². The molecule has 1 heterocycles. The second kappa shape index (κ2) is 7.58. The maximum absolute atomic E-state index is 12.1. The van der Waals surface area contributed by atoms with Gasteiger partial charge >= 0.3 is 0 Å². The lowest BCUT2D eigenvalue weighted by Gasteiger charge is -2.06. The summed E-state index contributed by atoms with van der Waals surface area (Å²) < 4.78 is 9.94. The van der Waals surface area contributed by atoms with Crippen molar-refractivity contribution < 1.29 is 14.1 Å². The topological polar surface area (TPSA) is 77.2 Å². The van der Waals surface area contributed by atoms with Crippen LogP contribution in [-0.2, 0) is 17.7 Å². The number of ether oxygens (including phenoxy) is 1. The fourth-order valence-electron chi connectivity index (χ4n) is 1.69. The summed E-state index contributed by atoms with van der Waals surface area (Å²) in [5.74, 6) is 0.545. The molecule has 0 aliphatic rings. The number of halogens is 2. The van der Waals surface area contributed by atoms with Gasteiger partial charge in [0.05, 0.1) is 19.6 Å². The number of methoxy groups -OCH3 is 1. The molecule has 0 saturated heterocycles. The second-order valence-electron chi connectivity index (χ2n) is 4.59. The Hall–Kier alpha value is -1.63. The quantitative estimate of drug-likeness (QED) is 0.872. The summed E-state index contributed by atoms with van der Waals surface area (Å²) in [6.07, 6.45) is 0.528. The fraction of sp³-hybridized carbons (Fsp3) is 0.357. The first-order chi connectivity index (χ1) is 10.5. The second-order valence-corrected chi connectivity index (χ2v) is 5.41. The van der Waals surface area contributed by atoms with Gasteiger partial charge in [0.2, 0.25) is 5.89 Å². The molecule has 1 amide bonds. The van der Waals surface area contributed by atoms with E-state index in [0.29, 0.717) is 40.4 Å². The van der Waals surface area contributed by atoms with Gasteiger partial charge in [0.1, 0.15) is 0 Å². The van der Waals surface area contributed by atoms with E-state index in [0.717, 1.165) is 5.56 Å². The third kappa shape index (κ3) is 4.19. The van der Waals surface area contributed by atoms with Crippen LogP contribution in [0.4, 0.5) is 0 Å². The number of aromatic nitrogens is 2. The van der Waals surface area contributed by atoms with Crippen LogP contribution in [0.1, 0.15) is 27.6 Å². The minimum Gasteiger partial charge on any atom is -0.384 e. The smallest absolute Gasteiger partial charge is 0.251 e. The molecule has 0 spiro atoms. The summed E-state index contributed by atoms with van der Waals surface area (Å²) in [6.45, 7) is 2.43. The van der Waals surface area contributed by atoms with Crippen LogP contribution in [0.3, 0.4) is 0 Å². The van der Waals surface area contributed by atoms with Crippen LogP contribution < -0.4 is 5.32 Å². The SMILES string of the molecule is COCCc1nc(CNC(=O)c2cc(Cl)c(C)c(Cl)c2)no1. The average molecular weight is 344 g/mol. The number of nitrogens with zero attached hydrogens (tertiary/aromatic N) is 2. The lowest BCUT2D eigenvalue weighted by Crippen LogP contribution is -2.23. The summed E-state index contributed by atoms with van der Waals surface area (Å²) in [5.41, 5.74) is 1.12. The lowest BCUT2D eigenvalue weighted by molar-refractivity contribution is 0.0949. The molecule has 0 radical (unpaired) electrons. The van der Waals surface area contributed by atoms with Gasteiger partial charge in [-0.05, 0) is 24.6 Å². The predicted molar refractivity (Wildman–Crippen MR) is 82.2 cm³/mol. The first-order valence-corrected chi connectivity index (χ1v) is 7.31. The van der Waals surface area contributed by atoms with Crippen LogP contribution in [0.2, 0.25) is 10.0 Å². The van der Waals surface area contributed by atoms with Gasteiger partial charge in [-0.25, -0.2) is 0 Å². The van der Waals surface area contributed by atoms with E-state index in [1.54, 1.807) is 26.2 Å². The zero-order valence-corrected chi connectivity index (χ0v) is 13.7. The molecule has 0 atom stereocenters. The molecular weight excluding hydrogens is 329 g/mol. The minimum absolute atomic E-state index is 0.151. The maximum Gasteiger partial charge on any atom is 0.251 e. The molecule has 22 heavy (non-hydrogen) atoms. The summed E-state index contributed by atoms with van der Waals surface area (Å²) in [6, 6.07) is 3.14. The highest BCUT2D eigenvalue weighted by Crippen LogP contribution is 2.25. The molecule has 0 aliphatic carbocycles. The molecule has 2 rings (SSSR count). The van der Waals surface area contributed by atoms with Crippen LogP contribution in [0.25, 0.3) is 0 Å². The van der Waals surface area contributed by atoms with Gasteiger partial charge in [0, 0.05) is 22.7 Å². The van der Waals surface area contributed by atoms with Crippen molar-refractivity contribution in [3.05, 3.63) is 45.0 Å². The number of benzene rings is 1. The van der Waals surface area contributed by atoms with Gasteiger partial charge in [0.25, 0.3) is 5.91 Å². The van der Waals surface area contributed by atoms with E-state index < -0.39 is 0 Å². The van der Waals surface area contributed by atoms with Crippen molar-refractivity contribution in [2.24, 2.45) is 0 Å². The van der Waals surface area contributed by atoms with E-state index in [2.05, 4.69) is 15.5 Å². The summed E-state index contributed by atoms with van der Waals surface area (Å²) in [4.78, 5) is 16.2. The number of carbonyl (C=O) groups excluding carboxylic acids is 1. The molecule has 1 aromatic carbocycles. The summed E-state index contributed by atoms with van der Waals surface area (Å²) >= 11 is 12.0. The van der Waals surface area contributed by atoms with Gasteiger partial charge in [-0.3, -0.25) is 4.79 Å². The molecule has 8 heteroatoms. The predicted octanol–water partition coefficient (Wildman–Crippen LogP) is 2.80. The Balaban J connectivity index is 1.96. The molecule has 0 aliphatic heterocycles. The molecular formula is C14H15Cl2N3O3. The monoisotopic (exact) mass is 343 g/mol. The highest BCUT2D eigenvalue weighted by atomic mass is 35.5. The molecule has 118 valence electrons. The van der Waals surface area contributed by atoms with Gasteiger partial charge in [-0.1, -0.05) is 28.4 Å². The van der Waals surface area contributed by atoms with Crippen LogP contribution in [0, 0.1) is 6.92 Å². The molecule has 0 saturated carbocycles. The zero-order chi connectivity index (χ0) is 16.1. The van der Waals surface area contributed by atoms with Crippen LogP contribution in [-0.4, -0.2) is 29.8 Å². The van der Waals surface area contributed by atoms with Crippen LogP contribution in [0.5, 0.6) is 0 Å². The lowest BCUT2D eigenvalue weighted by atomic mass is 10.1. The largest absolute Gasteiger partial charge is 0.384 e. The van der Waals surface area contributed by atoms with E-state index >= 15 is 0 Å². The molecule has 0 bridgehead atoms. The van der Waals surface area contributed by atoms with Crippen molar-refractivity contribution in [1.29, 1.82) is 0 Å². The zero-order valence-electron chi connectivity index (χ0n) is 12.2. The third-order valence-corrected chi connectivity index (χ3v) is 3.77. The Morgan fingerprint density at radius 2 is 2.05 bits per heavy atom. The molecule has 6 nitrogen and oxygen atoms in total. The van der Waals surface area contributed by atoms with E-state index in [1.807, 2.05) is 0 Å². The molecule has 2 aromatic rings. The highest BCUT2D eigenvalue weighted by Gasteiger charge is 2.12. The van der Waals surface area contributed by atoms with Crippen LogP contribution >= 0.6 is 23.2 Å². The van der Waals surface area contributed by atoms with Crippen molar-refractivity contribution >= 4 is 29.1 Å². The van der Waals surface area contributed by atoms with Crippen LogP contribution in [0.15, 0.2) is 16.7 Å². The summed E-state index contributed by atoms with van der Waals surface area (Å²) in [7, 11) is 1.59. The number of hydrogen-bond donors (Lipinski definition) is 1. The first kappa shape index (κ1) is 16.7. The van der Waals surface area contributed by atoms with Crippen molar-refractivity contribution in [2.75, 3.05) is 13.7 Å². The minimum atomic E-state index is -0.313. The third-order valence-electron chi connectivity index (χ3n) is 2.98. The first-order valence-electron chi connectivity index (χ1n) is 6.55. The Morgan fingerprint density at radius 3 is 2.68 bits per heavy atom. The van der Waals surface area contributed by atoms with Crippen molar-refractivity contribution in [1.82, 2.24) is 15.5 Å². The normalized spacial score (nSPS) is 10.7. The van der Waals surface area contributed by atoms with Gasteiger partial charge in [-0.15, -0.1) is 0 Å². The fourth-order valence-corrected chi connectivity index (χ4v) is 2.18. The van der Waals surface area contributed by atoms with Gasteiger partial charge < -0.3 is 14.6 Å². The number of nitrogens with one attached hydrogen (secondary N) is 1. The van der Waals surface area contributed by atoms with Gasteiger partial charge in [-0.2, -0.15) is 4.98 Å². The van der Waals surface area contributed by atoms with E-state index in [4.69, 9.17) is 32.5 Å². The van der Waals surface area contributed by atoms with Crippen molar-refractivity contribution in [3.63, 3.8) is 0 Å². The maximum atomic E-state index is 12.1. The number of carbonyl (C=O) groups is 1. The Kier molecular flexibility index (Phi) is 5.76. The van der Waals surface area contributed by atoms with Crippen molar-refractivity contribution in [3.8, 4) is 0 Å². The molecule has 1 aromatic heterocycles. The molecule has 0 fully saturated rings. The van der Waals surface area contributed by atoms with E-state index in [9.17, 15) is 4.79 Å². The van der Waals surface area contributed by atoms with Crippen molar-refractivity contribution in [2.45, 2.75) is 19.9 Å². The number of amides is 1. The average Bonchev–Trinajstić information content (AvgIpc) is 2.95. The highest BCUT2D eigenvalue weighted by molar-refractivity contribution is 6.36.